The molecule has 0 fully saturated rings. The summed E-state index contributed by atoms with van der Waals surface area (Å²) >= 11 is 0. The maximum absolute atomic E-state index is 10.1. The molecule has 0 aliphatic carbocycles. The van der Waals surface area contributed by atoms with Crippen LogP contribution in [0.4, 0.5) is 0 Å². The van der Waals surface area contributed by atoms with Gasteiger partial charge in [0.2, 0.25) is 0 Å². The van der Waals surface area contributed by atoms with Crippen LogP contribution >= 0.6 is 0 Å². The molecule has 3 heteroatoms. The van der Waals surface area contributed by atoms with Crippen LogP contribution in [-0.4, -0.2) is 12.6 Å². The number of hydrogen-bond acceptors (Lipinski definition) is 3. The molecule has 0 aromatic carbocycles. The fourth-order valence-electron chi connectivity index (χ4n) is 0.587. The van der Waals surface area contributed by atoms with Gasteiger partial charge >= 0.3 is 5.97 Å². The van der Waals surface area contributed by atoms with Gasteiger partial charge in [-0.3, -0.25) is 4.79 Å². The topological polar surface area (TPSA) is 39.4 Å². The van der Waals surface area contributed by atoms with Crippen molar-refractivity contribution in [3.05, 3.63) is 24.7 Å². The summed E-state index contributed by atoms with van der Waals surface area (Å²) in [6.45, 7) is 4.06. The molecule has 74 valence electrons. The summed E-state index contributed by atoms with van der Waals surface area (Å²) in [5, 5.41) is 0. The molecule has 1 rings (SSSR count). The Morgan fingerprint density at radius 2 is 2.00 bits per heavy atom. The van der Waals surface area contributed by atoms with Gasteiger partial charge in [-0.05, 0) is 18.6 Å². The molecule has 13 heavy (non-hydrogen) atoms. The number of ether oxygens (including phenoxy) is 1. The zero-order valence-corrected chi connectivity index (χ0v) is 8.16. The smallest absolute Gasteiger partial charge is 0.302 e. The number of esters is 1. The van der Waals surface area contributed by atoms with Gasteiger partial charge in [0.25, 0.3) is 0 Å². The molecular weight excluding hydrogens is 168 g/mol. The Morgan fingerprint density at radius 1 is 1.38 bits per heavy atom. The summed E-state index contributed by atoms with van der Waals surface area (Å²) in [5.41, 5.74) is 0. The third kappa shape index (κ3) is 10.8. The lowest BCUT2D eigenvalue weighted by molar-refractivity contribution is -0.141. The summed E-state index contributed by atoms with van der Waals surface area (Å²) in [7, 11) is 0. The maximum atomic E-state index is 10.1. The van der Waals surface area contributed by atoms with E-state index in [0.717, 1.165) is 12.8 Å². The third-order valence-electron chi connectivity index (χ3n) is 1.23. The molecule has 0 aliphatic heterocycles. The molecule has 0 unspecified atom stereocenters. The molecule has 0 aliphatic rings. The van der Waals surface area contributed by atoms with Crippen molar-refractivity contribution in [3.63, 3.8) is 0 Å². The minimum Gasteiger partial charge on any atom is -0.473 e. The number of carbonyl (C=O) groups is 1. The first-order chi connectivity index (χ1) is 6.27. The first-order valence-electron chi connectivity index (χ1n) is 4.38. The average molecular weight is 184 g/mol. The Labute approximate surface area is 78.7 Å². The van der Waals surface area contributed by atoms with Crippen LogP contribution in [0.25, 0.3) is 0 Å². The molecule has 1 heterocycles. The minimum atomic E-state index is -0.182. The van der Waals surface area contributed by atoms with E-state index in [1.807, 2.05) is 12.1 Å². The largest absolute Gasteiger partial charge is 0.473 e. The van der Waals surface area contributed by atoms with Gasteiger partial charge in [-0.2, -0.15) is 0 Å². The van der Waals surface area contributed by atoms with Gasteiger partial charge in [0.05, 0.1) is 19.1 Å². The van der Waals surface area contributed by atoms with Crippen molar-refractivity contribution >= 4 is 5.97 Å². The predicted molar refractivity (Wildman–Crippen MR) is 50.2 cm³/mol. The van der Waals surface area contributed by atoms with Gasteiger partial charge in [-0.15, -0.1) is 0 Å². The first kappa shape index (κ1) is 11.8. The highest BCUT2D eigenvalue weighted by Crippen LogP contribution is 1.86. The van der Waals surface area contributed by atoms with E-state index in [-0.39, 0.29) is 5.97 Å². The highest BCUT2D eigenvalue weighted by Gasteiger charge is 1.88. The highest BCUT2D eigenvalue weighted by atomic mass is 16.5. The van der Waals surface area contributed by atoms with Crippen molar-refractivity contribution in [2.75, 3.05) is 6.61 Å². The van der Waals surface area contributed by atoms with Crippen LogP contribution in [0.1, 0.15) is 26.7 Å². The van der Waals surface area contributed by atoms with Crippen molar-refractivity contribution < 1.29 is 13.9 Å². The Morgan fingerprint density at radius 3 is 2.31 bits per heavy atom. The summed E-state index contributed by atoms with van der Waals surface area (Å²) in [5.74, 6) is -0.182. The molecule has 3 nitrogen and oxygen atoms in total. The zero-order chi connectivity index (χ0) is 9.94. The van der Waals surface area contributed by atoms with E-state index in [1.165, 1.54) is 6.92 Å². The molecule has 0 N–H and O–H groups in total. The van der Waals surface area contributed by atoms with Crippen LogP contribution in [-0.2, 0) is 9.53 Å². The third-order valence-corrected chi connectivity index (χ3v) is 1.23. The van der Waals surface area contributed by atoms with Crippen molar-refractivity contribution in [2.45, 2.75) is 26.7 Å². The van der Waals surface area contributed by atoms with Gasteiger partial charge in [0, 0.05) is 6.92 Å². The molecule has 0 radical (unpaired) electrons. The normalized spacial score (nSPS) is 8.46. The van der Waals surface area contributed by atoms with Gasteiger partial charge in [0.1, 0.15) is 0 Å². The van der Waals surface area contributed by atoms with Gasteiger partial charge in [0.15, 0.2) is 0 Å². The second-order valence-corrected chi connectivity index (χ2v) is 2.49. The van der Waals surface area contributed by atoms with E-state index in [9.17, 15) is 4.79 Å². The number of unbranched alkanes of at least 4 members (excludes halogenated alkanes) is 1. The number of rotatable bonds is 3. The first-order valence-corrected chi connectivity index (χ1v) is 4.38. The summed E-state index contributed by atoms with van der Waals surface area (Å²) in [6, 6.07) is 3.67. The molecule has 0 amide bonds. The monoisotopic (exact) mass is 184 g/mol. The Hall–Kier alpha value is -1.25. The van der Waals surface area contributed by atoms with Gasteiger partial charge in [-0.25, -0.2) is 0 Å². The minimum absolute atomic E-state index is 0.182. The van der Waals surface area contributed by atoms with E-state index in [4.69, 9.17) is 0 Å². The molecule has 0 bridgehead atoms. The van der Waals surface area contributed by atoms with Crippen LogP contribution in [0, 0.1) is 0 Å². The molecule has 0 saturated carbocycles. The maximum Gasteiger partial charge on any atom is 0.302 e. The van der Waals surface area contributed by atoms with Crippen molar-refractivity contribution in [2.24, 2.45) is 0 Å². The van der Waals surface area contributed by atoms with Gasteiger partial charge < -0.3 is 9.15 Å². The Kier molecular flexibility index (Phi) is 7.99. The van der Waals surface area contributed by atoms with Crippen LogP contribution in [0.2, 0.25) is 0 Å². The lowest BCUT2D eigenvalue weighted by atomic mass is 10.4. The molecule has 0 spiro atoms. The number of carbonyl (C=O) groups excluding carboxylic acids is 1. The predicted octanol–water partition coefficient (Wildman–Crippen LogP) is 2.63. The molecule has 1 aromatic rings. The van der Waals surface area contributed by atoms with E-state index < -0.39 is 0 Å². The molecule has 0 saturated heterocycles. The van der Waals surface area contributed by atoms with E-state index in [1.54, 1.807) is 12.5 Å². The second-order valence-electron chi connectivity index (χ2n) is 2.49. The van der Waals surface area contributed by atoms with E-state index in [2.05, 4.69) is 16.1 Å². The van der Waals surface area contributed by atoms with Crippen molar-refractivity contribution in [3.8, 4) is 0 Å². The number of hydrogen-bond donors (Lipinski definition) is 0. The summed E-state index contributed by atoms with van der Waals surface area (Å²) < 4.78 is 9.23. The van der Waals surface area contributed by atoms with Gasteiger partial charge in [-0.1, -0.05) is 13.3 Å². The standard InChI is InChI=1S/C6H12O2.C4H4O/c1-3-4-5-8-6(2)7;1-2-4-5-3-1/h3-5H2,1-2H3;1-4H. The summed E-state index contributed by atoms with van der Waals surface area (Å²) in [6.07, 6.45) is 5.30. The second kappa shape index (κ2) is 8.84. The molecule has 0 atom stereocenters. The van der Waals surface area contributed by atoms with Crippen molar-refractivity contribution in [1.29, 1.82) is 0 Å². The number of furan rings is 1. The Balaban J connectivity index is 0.000000243. The SMILES string of the molecule is CCCCOC(C)=O.c1ccoc1. The van der Waals surface area contributed by atoms with Crippen LogP contribution in [0.15, 0.2) is 29.1 Å². The zero-order valence-electron chi connectivity index (χ0n) is 8.16. The average Bonchev–Trinajstić information content (AvgIpc) is 2.61. The van der Waals surface area contributed by atoms with Crippen molar-refractivity contribution in [1.82, 2.24) is 0 Å². The fourth-order valence-corrected chi connectivity index (χ4v) is 0.587. The summed E-state index contributed by atoms with van der Waals surface area (Å²) in [4.78, 5) is 10.1. The fraction of sp³-hybridized carbons (Fsp3) is 0.500. The van der Waals surface area contributed by atoms with Crippen LogP contribution in [0.3, 0.4) is 0 Å². The van der Waals surface area contributed by atoms with Crippen LogP contribution in [0.5, 0.6) is 0 Å². The molecule has 1 aromatic heterocycles. The molecular formula is C10H16O3. The van der Waals surface area contributed by atoms with E-state index in [0.29, 0.717) is 6.61 Å². The Bertz CT molecular complexity index is 175. The quantitative estimate of drug-likeness (QED) is 0.535. The lowest BCUT2D eigenvalue weighted by Crippen LogP contribution is -1.99. The van der Waals surface area contributed by atoms with Crippen LogP contribution < -0.4 is 0 Å². The lowest BCUT2D eigenvalue weighted by Gasteiger charge is -1.96. The van der Waals surface area contributed by atoms with E-state index >= 15 is 0 Å². The highest BCUT2D eigenvalue weighted by molar-refractivity contribution is 5.65.